The molecule has 162 valence electrons. The quantitative estimate of drug-likeness (QED) is 0.720. The summed E-state index contributed by atoms with van der Waals surface area (Å²) < 4.78 is 5.55. The first-order valence-corrected chi connectivity index (χ1v) is 10.8. The van der Waals surface area contributed by atoms with Crippen LogP contribution in [0.2, 0.25) is 0 Å². The number of nitrogens with zero attached hydrogens (tertiary/aromatic N) is 1. The minimum Gasteiger partial charge on any atom is -0.376 e. The Kier molecular flexibility index (Phi) is 6.62. The van der Waals surface area contributed by atoms with Crippen molar-refractivity contribution in [2.75, 3.05) is 25.0 Å². The van der Waals surface area contributed by atoms with Gasteiger partial charge in [-0.05, 0) is 49.1 Å². The molecule has 2 fully saturated rings. The van der Waals surface area contributed by atoms with E-state index in [-0.39, 0.29) is 23.8 Å². The van der Waals surface area contributed by atoms with Gasteiger partial charge in [-0.1, -0.05) is 24.3 Å². The molecule has 7 nitrogen and oxygen atoms in total. The summed E-state index contributed by atoms with van der Waals surface area (Å²) in [5, 5.41) is 5.75. The van der Waals surface area contributed by atoms with Gasteiger partial charge in [0.25, 0.3) is 11.8 Å². The lowest BCUT2D eigenvalue weighted by molar-refractivity contribution is -0.128. The van der Waals surface area contributed by atoms with Crippen LogP contribution in [-0.2, 0) is 16.1 Å². The molecule has 2 aromatic carbocycles. The van der Waals surface area contributed by atoms with E-state index in [4.69, 9.17) is 4.74 Å². The third kappa shape index (κ3) is 5.30. The summed E-state index contributed by atoms with van der Waals surface area (Å²) in [7, 11) is 0. The maximum absolute atomic E-state index is 12.9. The molecule has 2 aliphatic heterocycles. The van der Waals surface area contributed by atoms with Crippen molar-refractivity contribution >= 4 is 23.4 Å². The molecule has 2 aromatic rings. The molecule has 0 radical (unpaired) electrons. The highest BCUT2D eigenvalue weighted by Gasteiger charge is 2.21. The van der Waals surface area contributed by atoms with Crippen molar-refractivity contribution in [3.63, 3.8) is 0 Å². The number of ether oxygens (including phenoxy) is 1. The number of para-hydroxylation sites is 1. The fourth-order valence-corrected chi connectivity index (χ4v) is 3.99. The average Bonchev–Trinajstić information content (AvgIpc) is 3.45. The van der Waals surface area contributed by atoms with Crippen LogP contribution in [0.25, 0.3) is 0 Å². The van der Waals surface area contributed by atoms with Crippen LogP contribution in [-0.4, -0.2) is 48.4 Å². The molecule has 31 heavy (non-hydrogen) atoms. The van der Waals surface area contributed by atoms with Crippen LogP contribution < -0.4 is 10.6 Å². The smallest absolute Gasteiger partial charge is 0.255 e. The maximum Gasteiger partial charge on any atom is 0.255 e. The zero-order valence-electron chi connectivity index (χ0n) is 17.4. The Labute approximate surface area is 181 Å². The molecule has 0 aliphatic carbocycles. The number of nitrogens with one attached hydrogen (secondary N) is 2. The highest BCUT2D eigenvalue weighted by Crippen LogP contribution is 2.19. The predicted octanol–water partition coefficient (Wildman–Crippen LogP) is 2.97. The van der Waals surface area contributed by atoms with E-state index in [2.05, 4.69) is 10.6 Å². The number of rotatable bonds is 7. The van der Waals surface area contributed by atoms with Crippen LogP contribution in [0.3, 0.4) is 0 Å². The topological polar surface area (TPSA) is 87.7 Å². The van der Waals surface area contributed by atoms with Crippen molar-refractivity contribution in [1.29, 1.82) is 0 Å². The van der Waals surface area contributed by atoms with E-state index >= 15 is 0 Å². The van der Waals surface area contributed by atoms with Gasteiger partial charge < -0.3 is 20.3 Å². The molecule has 2 saturated heterocycles. The van der Waals surface area contributed by atoms with Crippen LogP contribution in [0.15, 0.2) is 48.5 Å². The van der Waals surface area contributed by atoms with E-state index < -0.39 is 0 Å². The molecule has 2 heterocycles. The van der Waals surface area contributed by atoms with Crippen molar-refractivity contribution in [1.82, 2.24) is 10.2 Å². The van der Waals surface area contributed by atoms with Gasteiger partial charge in [0.05, 0.1) is 17.4 Å². The molecule has 0 spiro atoms. The lowest BCUT2D eigenvalue weighted by atomic mass is 10.1. The predicted molar refractivity (Wildman–Crippen MR) is 117 cm³/mol. The minimum atomic E-state index is -0.297. The summed E-state index contributed by atoms with van der Waals surface area (Å²) in [6.07, 6.45) is 3.48. The highest BCUT2D eigenvalue weighted by molar-refractivity contribution is 6.09. The normalized spacial score (nSPS) is 18.3. The molecule has 0 saturated carbocycles. The zero-order chi connectivity index (χ0) is 21.6. The number of carbonyl (C=O) groups is 3. The van der Waals surface area contributed by atoms with Crippen molar-refractivity contribution in [3.05, 3.63) is 65.2 Å². The molecule has 0 aromatic heterocycles. The largest absolute Gasteiger partial charge is 0.376 e. The van der Waals surface area contributed by atoms with Gasteiger partial charge in [-0.15, -0.1) is 0 Å². The van der Waals surface area contributed by atoms with Crippen LogP contribution in [0.5, 0.6) is 0 Å². The zero-order valence-corrected chi connectivity index (χ0v) is 17.4. The van der Waals surface area contributed by atoms with Gasteiger partial charge in [-0.25, -0.2) is 0 Å². The van der Waals surface area contributed by atoms with Crippen molar-refractivity contribution in [2.45, 2.75) is 38.3 Å². The second-order valence-corrected chi connectivity index (χ2v) is 7.96. The summed E-state index contributed by atoms with van der Waals surface area (Å²) in [6, 6.07) is 14.2. The molecule has 0 bridgehead atoms. The molecule has 1 atom stereocenters. The second-order valence-electron chi connectivity index (χ2n) is 7.96. The number of hydrogen-bond donors (Lipinski definition) is 2. The monoisotopic (exact) mass is 421 g/mol. The fraction of sp³-hybridized carbons (Fsp3) is 0.375. The summed E-state index contributed by atoms with van der Waals surface area (Å²) in [5.74, 6) is -0.389. The standard InChI is InChI=1S/C24H27N3O4/c28-22-11-4-12-27(22)16-17-6-3-7-18(14-17)23(29)26-21-10-2-1-9-20(21)24(30)25-15-19-8-5-13-31-19/h1-3,6-7,9-10,14,19H,4-5,8,11-13,15-16H2,(H,25,30)(H,26,29). The summed E-state index contributed by atoms with van der Waals surface area (Å²) in [6.45, 7) is 2.45. The van der Waals surface area contributed by atoms with Crippen LogP contribution >= 0.6 is 0 Å². The van der Waals surface area contributed by atoms with Gasteiger partial charge in [0.15, 0.2) is 0 Å². The van der Waals surface area contributed by atoms with Crippen LogP contribution in [0.4, 0.5) is 5.69 Å². The minimum absolute atomic E-state index is 0.0518. The first kappa shape index (κ1) is 21.1. The molecular formula is C24H27N3O4. The number of benzene rings is 2. The summed E-state index contributed by atoms with van der Waals surface area (Å²) in [5.41, 5.74) is 2.26. The summed E-state index contributed by atoms with van der Waals surface area (Å²) >= 11 is 0. The van der Waals surface area contributed by atoms with Crippen LogP contribution in [0.1, 0.15) is 52.0 Å². The Hall–Kier alpha value is -3.19. The Morgan fingerprint density at radius 1 is 1.06 bits per heavy atom. The number of carbonyl (C=O) groups excluding carboxylic acids is 3. The van der Waals surface area contributed by atoms with Gasteiger partial charge >= 0.3 is 0 Å². The van der Waals surface area contributed by atoms with Crippen molar-refractivity contribution in [3.8, 4) is 0 Å². The lowest BCUT2D eigenvalue weighted by Gasteiger charge is -2.16. The first-order valence-electron chi connectivity index (χ1n) is 10.8. The molecule has 4 rings (SSSR count). The van der Waals surface area contributed by atoms with E-state index in [0.717, 1.165) is 38.0 Å². The third-order valence-electron chi connectivity index (χ3n) is 5.67. The Balaban J connectivity index is 1.42. The summed E-state index contributed by atoms with van der Waals surface area (Å²) in [4.78, 5) is 39.2. The number of likely N-dealkylation sites (tertiary alicyclic amines) is 1. The molecular weight excluding hydrogens is 394 g/mol. The Morgan fingerprint density at radius 2 is 1.94 bits per heavy atom. The molecule has 7 heteroatoms. The van der Waals surface area contributed by atoms with Gasteiger partial charge in [-0.3, -0.25) is 14.4 Å². The van der Waals surface area contributed by atoms with E-state index in [9.17, 15) is 14.4 Å². The Morgan fingerprint density at radius 3 is 2.71 bits per heavy atom. The number of anilines is 1. The lowest BCUT2D eigenvalue weighted by Crippen LogP contribution is -2.32. The third-order valence-corrected chi connectivity index (χ3v) is 5.67. The van der Waals surface area contributed by atoms with Crippen molar-refractivity contribution < 1.29 is 19.1 Å². The van der Waals surface area contributed by atoms with Gasteiger partial charge in [0, 0.05) is 38.2 Å². The Bertz CT molecular complexity index is 969. The van der Waals surface area contributed by atoms with Gasteiger partial charge in [-0.2, -0.15) is 0 Å². The van der Waals surface area contributed by atoms with Gasteiger partial charge in [0.1, 0.15) is 0 Å². The van der Waals surface area contributed by atoms with E-state index in [1.165, 1.54) is 0 Å². The fourth-order valence-electron chi connectivity index (χ4n) is 3.99. The average molecular weight is 421 g/mol. The van der Waals surface area contributed by atoms with E-state index in [1.54, 1.807) is 36.4 Å². The van der Waals surface area contributed by atoms with Crippen LogP contribution in [0, 0.1) is 0 Å². The molecule has 2 N–H and O–H groups in total. The molecule has 2 aliphatic rings. The van der Waals surface area contributed by atoms with Gasteiger partial charge in [0.2, 0.25) is 5.91 Å². The maximum atomic E-state index is 12.9. The number of hydrogen-bond acceptors (Lipinski definition) is 4. The van der Waals surface area contributed by atoms with E-state index in [1.807, 2.05) is 17.0 Å². The second kappa shape index (κ2) is 9.75. The highest BCUT2D eigenvalue weighted by atomic mass is 16.5. The molecule has 1 unspecified atom stereocenters. The van der Waals surface area contributed by atoms with Crippen molar-refractivity contribution in [2.24, 2.45) is 0 Å². The SMILES string of the molecule is O=C(Nc1ccccc1C(=O)NCC1CCCO1)c1cccc(CN2CCCC2=O)c1. The molecule has 3 amide bonds. The number of amides is 3. The van der Waals surface area contributed by atoms with E-state index in [0.29, 0.717) is 36.3 Å². The first-order chi connectivity index (χ1) is 15.1.